The molecule has 1 aliphatic heterocycles. The van der Waals surface area contributed by atoms with Crippen LogP contribution in [0.4, 0.5) is 13.2 Å². The van der Waals surface area contributed by atoms with Crippen LogP contribution in [0.15, 0.2) is 0 Å². The van der Waals surface area contributed by atoms with Crippen LogP contribution in [0.1, 0.15) is 42.8 Å². The van der Waals surface area contributed by atoms with Crippen LogP contribution in [0.2, 0.25) is 0 Å². The molecular formula is C14H22F3N3S. The van der Waals surface area contributed by atoms with Crippen molar-refractivity contribution >= 4 is 11.8 Å². The molecule has 0 radical (unpaired) electrons. The van der Waals surface area contributed by atoms with E-state index in [-0.39, 0.29) is 6.04 Å². The van der Waals surface area contributed by atoms with Crippen molar-refractivity contribution in [2.24, 2.45) is 0 Å². The lowest BCUT2D eigenvalue weighted by atomic mass is 10.0. The summed E-state index contributed by atoms with van der Waals surface area (Å²) in [6.45, 7) is 4.48. The van der Waals surface area contributed by atoms with Gasteiger partial charge in [-0.15, -0.1) is 0 Å². The highest BCUT2D eigenvalue weighted by atomic mass is 32.2. The van der Waals surface area contributed by atoms with E-state index in [1.165, 1.54) is 12.2 Å². The van der Waals surface area contributed by atoms with E-state index in [0.29, 0.717) is 17.4 Å². The van der Waals surface area contributed by atoms with Crippen LogP contribution in [0.25, 0.3) is 0 Å². The highest BCUT2D eigenvalue weighted by Gasteiger charge is 2.31. The van der Waals surface area contributed by atoms with Gasteiger partial charge in [-0.25, -0.2) is 0 Å². The number of aromatic nitrogens is 2. The Morgan fingerprint density at radius 1 is 1.43 bits per heavy atom. The summed E-state index contributed by atoms with van der Waals surface area (Å²) < 4.78 is 38.7. The van der Waals surface area contributed by atoms with Crippen LogP contribution in [0.5, 0.6) is 0 Å². The average molecular weight is 321 g/mol. The van der Waals surface area contributed by atoms with Crippen molar-refractivity contribution in [3.05, 3.63) is 17.0 Å². The van der Waals surface area contributed by atoms with Crippen molar-refractivity contribution in [3.63, 3.8) is 0 Å². The van der Waals surface area contributed by atoms with Gasteiger partial charge >= 0.3 is 6.18 Å². The van der Waals surface area contributed by atoms with Crippen molar-refractivity contribution < 1.29 is 13.2 Å². The van der Waals surface area contributed by atoms with E-state index < -0.39 is 12.7 Å². The van der Waals surface area contributed by atoms with Crippen LogP contribution in [-0.4, -0.2) is 33.5 Å². The van der Waals surface area contributed by atoms with Crippen molar-refractivity contribution in [1.82, 2.24) is 15.1 Å². The van der Waals surface area contributed by atoms with Gasteiger partial charge in [-0.2, -0.15) is 30.0 Å². The van der Waals surface area contributed by atoms with Gasteiger partial charge in [0, 0.05) is 29.1 Å². The summed E-state index contributed by atoms with van der Waals surface area (Å²) >= 11 is 1.93. The molecule has 0 unspecified atom stereocenters. The Hall–Kier alpha value is -0.690. The van der Waals surface area contributed by atoms with Gasteiger partial charge in [0.05, 0.1) is 5.69 Å². The molecule has 1 fully saturated rings. The van der Waals surface area contributed by atoms with Crippen molar-refractivity contribution in [3.8, 4) is 0 Å². The van der Waals surface area contributed by atoms with E-state index in [0.717, 1.165) is 22.4 Å². The lowest BCUT2D eigenvalue weighted by molar-refractivity contribution is -0.142. The molecule has 3 nitrogen and oxygen atoms in total. The third-order valence-corrected chi connectivity index (χ3v) is 5.06. The number of nitrogens with zero attached hydrogens (tertiary/aromatic N) is 2. The molecule has 0 aromatic carbocycles. The van der Waals surface area contributed by atoms with Crippen molar-refractivity contribution in [2.75, 3.05) is 11.5 Å². The Bertz CT molecular complexity index is 479. The first-order valence-corrected chi connectivity index (χ1v) is 8.38. The lowest BCUT2D eigenvalue weighted by Gasteiger charge is -2.26. The Morgan fingerprint density at radius 2 is 2.14 bits per heavy atom. The first kappa shape index (κ1) is 16.7. The number of halogens is 3. The largest absolute Gasteiger partial charge is 0.408 e. The first-order chi connectivity index (χ1) is 9.78. The number of nitrogens with one attached hydrogen (secondary N) is 1. The summed E-state index contributed by atoms with van der Waals surface area (Å²) in [5.41, 5.74) is 2.18. The molecule has 1 saturated heterocycles. The molecule has 0 bridgehead atoms. The molecule has 0 spiro atoms. The summed E-state index contributed by atoms with van der Waals surface area (Å²) in [6.07, 6.45) is -1.91. The Labute approximate surface area is 127 Å². The highest BCUT2D eigenvalue weighted by molar-refractivity contribution is 7.99. The second-order valence-corrected chi connectivity index (χ2v) is 6.81. The van der Waals surface area contributed by atoms with Crippen LogP contribution >= 0.6 is 11.8 Å². The van der Waals surface area contributed by atoms with E-state index in [1.807, 2.05) is 18.7 Å². The zero-order valence-corrected chi connectivity index (χ0v) is 13.4. The summed E-state index contributed by atoms with van der Waals surface area (Å²) in [5.74, 6) is 2.27. The topological polar surface area (TPSA) is 29.9 Å². The number of aryl methyl sites for hydroxylation is 1. The number of hydrogen-bond donors (Lipinski definition) is 1. The van der Waals surface area contributed by atoms with Gasteiger partial charge in [-0.3, -0.25) is 4.68 Å². The van der Waals surface area contributed by atoms with E-state index in [2.05, 4.69) is 10.4 Å². The van der Waals surface area contributed by atoms with E-state index in [9.17, 15) is 13.2 Å². The minimum Gasteiger partial charge on any atom is -0.306 e. The molecule has 1 aromatic rings. The van der Waals surface area contributed by atoms with Crippen LogP contribution in [-0.2, 0) is 6.54 Å². The van der Waals surface area contributed by atoms with Gasteiger partial charge in [-0.1, -0.05) is 0 Å². The second kappa shape index (κ2) is 6.60. The van der Waals surface area contributed by atoms with Gasteiger partial charge in [0.25, 0.3) is 0 Å². The lowest BCUT2D eigenvalue weighted by Crippen LogP contribution is -2.36. The fraction of sp³-hybridized carbons (Fsp3) is 0.786. The van der Waals surface area contributed by atoms with Crippen molar-refractivity contribution in [2.45, 2.75) is 58.4 Å². The molecule has 2 rings (SSSR count). The normalized spacial score (nSPS) is 21.5. The summed E-state index contributed by atoms with van der Waals surface area (Å²) in [5, 5.41) is 7.60. The smallest absolute Gasteiger partial charge is 0.306 e. The zero-order valence-electron chi connectivity index (χ0n) is 12.6. The minimum absolute atomic E-state index is 0.0238. The molecule has 1 aliphatic rings. The molecule has 2 atom stereocenters. The zero-order chi connectivity index (χ0) is 15.6. The van der Waals surface area contributed by atoms with Crippen LogP contribution in [0, 0.1) is 13.8 Å². The highest BCUT2D eigenvalue weighted by Crippen LogP contribution is 2.26. The quantitative estimate of drug-likeness (QED) is 0.919. The Morgan fingerprint density at radius 3 is 2.71 bits per heavy atom. The number of alkyl halides is 3. The van der Waals surface area contributed by atoms with Gasteiger partial charge < -0.3 is 5.32 Å². The Kier molecular flexibility index (Phi) is 5.24. The van der Waals surface area contributed by atoms with E-state index >= 15 is 0 Å². The fourth-order valence-electron chi connectivity index (χ4n) is 2.97. The Balaban J connectivity index is 2.11. The average Bonchev–Trinajstić information content (AvgIpc) is 2.63. The predicted molar refractivity (Wildman–Crippen MR) is 79.7 cm³/mol. The summed E-state index contributed by atoms with van der Waals surface area (Å²) in [6, 6.07) is 0.458. The SMILES string of the molecule is Cc1nn(CC(F)(F)F)c(C)c1[C@@H](C)N[C@@H]1CCCSC1. The van der Waals surface area contributed by atoms with Crippen LogP contribution in [0.3, 0.4) is 0 Å². The minimum atomic E-state index is -4.24. The van der Waals surface area contributed by atoms with Crippen LogP contribution < -0.4 is 5.32 Å². The number of rotatable bonds is 4. The molecule has 21 heavy (non-hydrogen) atoms. The first-order valence-electron chi connectivity index (χ1n) is 7.22. The third-order valence-electron chi connectivity index (χ3n) is 3.85. The number of thioether (sulfide) groups is 1. The summed E-state index contributed by atoms with van der Waals surface area (Å²) in [7, 11) is 0. The van der Waals surface area contributed by atoms with E-state index in [1.54, 1.807) is 13.8 Å². The maximum Gasteiger partial charge on any atom is 0.408 e. The molecule has 0 aliphatic carbocycles. The third kappa shape index (κ3) is 4.39. The van der Waals surface area contributed by atoms with E-state index in [4.69, 9.17) is 0 Å². The molecule has 7 heteroatoms. The van der Waals surface area contributed by atoms with Gasteiger partial charge in [0.2, 0.25) is 0 Å². The second-order valence-electron chi connectivity index (χ2n) is 5.66. The number of hydrogen-bond acceptors (Lipinski definition) is 3. The standard InChI is InChI=1S/C14H22F3N3S/c1-9(18-12-5-4-6-21-7-12)13-10(2)19-20(11(13)3)8-14(15,16)17/h9,12,18H,4-8H2,1-3H3/t9-,12-/m1/s1. The molecule has 120 valence electrons. The molecule has 2 heterocycles. The molecule has 0 saturated carbocycles. The maximum atomic E-state index is 12.6. The molecule has 0 amide bonds. The molecular weight excluding hydrogens is 299 g/mol. The van der Waals surface area contributed by atoms with Gasteiger partial charge in [0.15, 0.2) is 0 Å². The maximum absolute atomic E-state index is 12.6. The van der Waals surface area contributed by atoms with Gasteiger partial charge in [-0.05, 0) is 39.4 Å². The monoisotopic (exact) mass is 321 g/mol. The molecule has 1 N–H and O–H groups in total. The summed E-state index contributed by atoms with van der Waals surface area (Å²) in [4.78, 5) is 0. The predicted octanol–water partition coefficient (Wildman–Crippen LogP) is 3.61. The fourth-order valence-corrected chi connectivity index (χ4v) is 4.06. The molecule has 1 aromatic heterocycles. The van der Waals surface area contributed by atoms with Gasteiger partial charge in [0.1, 0.15) is 6.54 Å². The van der Waals surface area contributed by atoms with Crippen molar-refractivity contribution in [1.29, 1.82) is 0 Å².